The third-order valence-corrected chi connectivity index (χ3v) is 4.12. The van der Waals surface area contributed by atoms with Gasteiger partial charge in [-0.25, -0.2) is 0 Å². The largest absolute Gasteiger partial charge is 0.497 e. The lowest BCUT2D eigenvalue weighted by Gasteiger charge is -2.31. The zero-order chi connectivity index (χ0) is 14.4. The van der Waals surface area contributed by atoms with Crippen LogP contribution in [0.3, 0.4) is 0 Å². The van der Waals surface area contributed by atoms with Crippen molar-refractivity contribution in [3.8, 4) is 5.75 Å². The summed E-state index contributed by atoms with van der Waals surface area (Å²) in [7, 11) is 3.67. The van der Waals surface area contributed by atoms with E-state index in [2.05, 4.69) is 24.4 Å². The lowest BCUT2D eigenvalue weighted by molar-refractivity contribution is -0.0388. The van der Waals surface area contributed by atoms with Crippen LogP contribution in [0, 0.1) is 5.92 Å². The number of methoxy groups -OCH3 is 1. The van der Waals surface area contributed by atoms with Crippen LogP contribution in [0.1, 0.15) is 44.3 Å². The van der Waals surface area contributed by atoms with Crippen molar-refractivity contribution in [1.29, 1.82) is 0 Å². The van der Waals surface area contributed by atoms with Gasteiger partial charge in [-0.1, -0.05) is 31.9 Å². The van der Waals surface area contributed by atoms with Gasteiger partial charge in [0, 0.05) is 6.54 Å². The maximum Gasteiger partial charge on any atom is 0.118 e. The summed E-state index contributed by atoms with van der Waals surface area (Å²) < 4.78 is 11.6. The Morgan fingerprint density at radius 2 is 2.00 bits per heavy atom. The second-order valence-corrected chi connectivity index (χ2v) is 5.85. The number of nitrogens with one attached hydrogen (secondary N) is 1. The quantitative estimate of drug-likeness (QED) is 0.862. The first-order chi connectivity index (χ1) is 9.72. The summed E-state index contributed by atoms with van der Waals surface area (Å²) in [6, 6.07) is 8.22. The molecule has 3 heteroatoms. The van der Waals surface area contributed by atoms with Gasteiger partial charge in [0.1, 0.15) is 5.75 Å². The van der Waals surface area contributed by atoms with Crippen LogP contribution in [0.4, 0.5) is 0 Å². The third kappa shape index (κ3) is 4.22. The van der Waals surface area contributed by atoms with Gasteiger partial charge in [0.15, 0.2) is 0 Å². The predicted octanol–water partition coefficient (Wildman–Crippen LogP) is 3.55. The fourth-order valence-corrected chi connectivity index (χ4v) is 2.98. The summed E-state index contributed by atoms with van der Waals surface area (Å²) in [6.07, 6.45) is 5.55. The van der Waals surface area contributed by atoms with Crippen molar-refractivity contribution >= 4 is 0 Å². The molecule has 0 radical (unpaired) electrons. The lowest BCUT2D eigenvalue weighted by Crippen LogP contribution is -2.28. The molecule has 0 bridgehead atoms. The molecular weight excluding hydrogens is 250 g/mol. The van der Waals surface area contributed by atoms with Gasteiger partial charge in [0.25, 0.3) is 0 Å². The molecule has 0 aromatic heterocycles. The molecule has 1 saturated carbocycles. The van der Waals surface area contributed by atoms with Gasteiger partial charge in [-0.05, 0) is 43.5 Å². The van der Waals surface area contributed by atoms with E-state index in [1.54, 1.807) is 7.11 Å². The Morgan fingerprint density at radius 1 is 1.25 bits per heavy atom. The average Bonchev–Trinajstić information content (AvgIpc) is 2.47. The van der Waals surface area contributed by atoms with Crippen molar-refractivity contribution in [2.24, 2.45) is 5.92 Å². The molecule has 3 unspecified atom stereocenters. The van der Waals surface area contributed by atoms with Crippen LogP contribution < -0.4 is 10.1 Å². The van der Waals surface area contributed by atoms with Gasteiger partial charge >= 0.3 is 0 Å². The summed E-state index contributed by atoms with van der Waals surface area (Å²) in [5, 5.41) is 3.24. The number of hydrogen-bond acceptors (Lipinski definition) is 3. The Bertz CT molecular complexity index is 390. The van der Waals surface area contributed by atoms with Crippen LogP contribution in [0.2, 0.25) is 0 Å². The number of rotatable bonds is 6. The van der Waals surface area contributed by atoms with Gasteiger partial charge in [-0.2, -0.15) is 0 Å². The topological polar surface area (TPSA) is 30.5 Å². The molecule has 1 aliphatic rings. The van der Waals surface area contributed by atoms with Crippen LogP contribution >= 0.6 is 0 Å². The standard InChI is InChI=1S/C17H27NO2/c1-13-5-4-6-16(11-13)20-17(12-18-2)14-7-9-15(19-3)10-8-14/h7-10,13,16-18H,4-6,11-12H2,1-3H3. The fraction of sp³-hybridized carbons (Fsp3) is 0.647. The molecule has 1 aliphatic carbocycles. The molecule has 112 valence electrons. The van der Waals surface area contributed by atoms with Crippen molar-refractivity contribution in [1.82, 2.24) is 5.32 Å². The molecule has 0 saturated heterocycles. The van der Waals surface area contributed by atoms with E-state index >= 15 is 0 Å². The summed E-state index contributed by atoms with van der Waals surface area (Å²) in [6.45, 7) is 3.17. The van der Waals surface area contributed by atoms with Gasteiger partial charge < -0.3 is 14.8 Å². The van der Waals surface area contributed by atoms with Crippen molar-refractivity contribution in [2.75, 3.05) is 20.7 Å². The Morgan fingerprint density at radius 3 is 2.60 bits per heavy atom. The van der Waals surface area contributed by atoms with Gasteiger partial charge in [-0.15, -0.1) is 0 Å². The van der Waals surface area contributed by atoms with Crippen molar-refractivity contribution < 1.29 is 9.47 Å². The van der Waals surface area contributed by atoms with E-state index in [-0.39, 0.29) is 6.10 Å². The molecule has 0 amide bonds. The van der Waals surface area contributed by atoms with E-state index in [0.717, 1.165) is 18.2 Å². The highest BCUT2D eigenvalue weighted by Crippen LogP contribution is 2.30. The summed E-state index contributed by atoms with van der Waals surface area (Å²) in [5.74, 6) is 1.68. The molecule has 1 N–H and O–H groups in total. The van der Waals surface area contributed by atoms with E-state index in [1.807, 2.05) is 19.2 Å². The highest BCUT2D eigenvalue weighted by atomic mass is 16.5. The van der Waals surface area contributed by atoms with E-state index in [0.29, 0.717) is 6.10 Å². The highest BCUT2D eigenvalue weighted by molar-refractivity contribution is 5.28. The van der Waals surface area contributed by atoms with Gasteiger partial charge in [0.05, 0.1) is 19.3 Å². The van der Waals surface area contributed by atoms with Crippen LogP contribution in [0.15, 0.2) is 24.3 Å². The maximum absolute atomic E-state index is 6.36. The molecule has 3 atom stereocenters. The van der Waals surface area contributed by atoms with E-state index < -0.39 is 0 Å². The molecule has 3 nitrogen and oxygen atoms in total. The molecule has 20 heavy (non-hydrogen) atoms. The molecule has 1 aromatic carbocycles. The van der Waals surface area contributed by atoms with Crippen molar-refractivity contribution in [3.05, 3.63) is 29.8 Å². The van der Waals surface area contributed by atoms with E-state index in [4.69, 9.17) is 9.47 Å². The molecule has 0 heterocycles. The minimum Gasteiger partial charge on any atom is -0.497 e. The Labute approximate surface area is 122 Å². The SMILES string of the molecule is CNCC(OC1CCCC(C)C1)c1ccc(OC)cc1. The van der Waals surface area contributed by atoms with E-state index in [1.165, 1.54) is 31.2 Å². The Hall–Kier alpha value is -1.06. The predicted molar refractivity (Wildman–Crippen MR) is 82.2 cm³/mol. The molecular formula is C17H27NO2. The summed E-state index contributed by atoms with van der Waals surface area (Å²) >= 11 is 0. The van der Waals surface area contributed by atoms with Gasteiger partial charge in [-0.3, -0.25) is 0 Å². The third-order valence-electron chi connectivity index (χ3n) is 4.12. The lowest BCUT2D eigenvalue weighted by atomic mass is 9.88. The van der Waals surface area contributed by atoms with Crippen molar-refractivity contribution in [3.63, 3.8) is 0 Å². The van der Waals surface area contributed by atoms with Crippen molar-refractivity contribution in [2.45, 2.75) is 44.8 Å². The second kappa shape index (κ2) is 7.65. The normalized spacial score (nSPS) is 24.4. The van der Waals surface area contributed by atoms with E-state index in [9.17, 15) is 0 Å². The van der Waals surface area contributed by atoms with Crippen LogP contribution in [-0.2, 0) is 4.74 Å². The molecule has 2 rings (SSSR count). The first-order valence-electron chi connectivity index (χ1n) is 7.67. The monoisotopic (exact) mass is 277 g/mol. The summed E-state index contributed by atoms with van der Waals surface area (Å²) in [4.78, 5) is 0. The maximum atomic E-state index is 6.36. The fourth-order valence-electron chi connectivity index (χ4n) is 2.98. The first-order valence-corrected chi connectivity index (χ1v) is 7.67. The number of benzene rings is 1. The molecule has 1 aromatic rings. The number of likely N-dealkylation sites (N-methyl/N-ethyl adjacent to an activating group) is 1. The smallest absolute Gasteiger partial charge is 0.118 e. The van der Waals surface area contributed by atoms with Crippen LogP contribution in [0.25, 0.3) is 0 Å². The van der Waals surface area contributed by atoms with Gasteiger partial charge in [0.2, 0.25) is 0 Å². The Balaban J connectivity index is 2.01. The zero-order valence-electron chi connectivity index (χ0n) is 12.9. The summed E-state index contributed by atoms with van der Waals surface area (Å²) in [5.41, 5.74) is 1.22. The average molecular weight is 277 g/mol. The molecule has 1 fully saturated rings. The van der Waals surface area contributed by atoms with Crippen LogP contribution in [0.5, 0.6) is 5.75 Å². The minimum absolute atomic E-state index is 0.126. The minimum atomic E-state index is 0.126. The number of ether oxygens (including phenoxy) is 2. The highest BCUT2D eigenvalue weighted by Gasteiger charge is 2.23. The van der Waals surface area contributed by atoms with Crippen LogP contribution in [-0.4, -0.2) is 26.8 Å². The number of hydrogen-bond donors (Lipinski definition) is 1. The first kappa shape index (κ1) is 15.3. The Kier molecular flexibility index (Phi) is 5.86. The zero-order valence-corrected chi connectivity index (χ0v) is 12.9. The molecule has 0 spiro atoms. The second-order valence-electron chi connectivity index (χ2n) is 5.85. The molecule has 0 aliphatic heterocycles.